The molecule has 0 radical (unpaired) electrons. The number of nitrogens with two attached hydrogens (primary N) is 1. The Hall–Kier alpha value is -2.96. The summed E-state index contributed by atoms with van der Waals surface area (Å²) >= 11 is 0. The first-order chi connectivity index (χ1) is 13.0. The number of carbonyl (C=O) groups is 1. The third-order valence-electron chi connectivity index (χ3n) is 5.22. The molecule has 1 aliphatic heterocycles. The number of amides is 1. The van der Waals surface area contributed by atoms with Crippen LogP contribution in [0, 0.1) is 12.7 Å². The molecule has 1 aromatic carbocycles. The van der Waals surface area contributed by atoms with Crippen molar-refractivity contribution < 1.29 is 9.18 Å². The molecule has 1 aliphatic rings. The van der Waals surface area contributed by atoms with Crippen LogP contribution >= 0.6 is 0 Å². The molecule has 3 aromatic rings. The first kappa shape index (κ1) is 17.5. The zero-order chi connectivity index (χ0) is 19.0. The summed E-state index contributed by atoms with van der Waals surface area (Å²) in [6, 6.07) is 6.80. The van der Waals surface area contributed by atoms with Crippen molar-refractivity contribution in [2.45, 2.75) is 32.2 Å². The van der Waals surface area contributed by atoms with Crippen molar-refractivity contribution in [3.05, 3.63) is 53.9 Å². The van der Waals surface area contributed by atoms with Crippen molar-refractivity contribution in [1.82, 2.24) is 14.5 Å². The number of anilines is 1. The third-order valence-corrected chi connectivity index (χ3v) is 5.22. The van der Waals surface area contributed by atoms with Gasteiger partial charge in [0.2, 0.25) is 5.91 Å². The number of hydrogen-bond acceptors (Lipinski definition) is 4. The van der Waals surface area contributed by atoms with Crippen LogP contribution < -0.4 is 10.6 Å². The van der Waals surface area contributed by atoms with E-state index in [1.807, 2.05) is 11.5 Å². The van der Waals surface area contributed by atoms with Crippen LogP contribution in [-0.4, -0.2) is 33.5 Å². The van der Waals surface area contributed by atoms with Gasteiger partial charge in [0.15, 0.2) is 0 Å². The van der Waals surface area contributed by atoms with Gasteiger partial charge in [0, 0.05) is 42.9 Å². The van der Waals surface area contributed by atoms with E-state index in [9.17, 15) is 9.18 Å². The van der Waals surface area contributed by atoms with Gasteiger partial charge < -0.3 is 15.2 Å². The van der Waals surface area contributed by atoms with Gasteiger partial charge in [0.05, 0.1) is 5.52 Å². The highest BCUT2D eigenvalue weighted by Crippen LogP contribution is 2.30. The Bertz CT molecular complexity index is 991. The van der Waals surface area contributed by atoms with Crippen LogP contribution in [0.1, 0.15) is 30.1 Å². The van der Waals surface area contributed by atoms with Crippen molar-refractivity contribution in [2.75, 3.05) is 18.0 Å². The summed E-state index contributed by atoms with van der Waals surface area (Å²) in [5.41, 5.74) is 7.10. The van der Waals surface area contributed by atoms with Crippen LogP contribution in [0.5, 0.6) is 0 Å². The van der Waals surface area contributed by atoms with Gasteiger partial charge in [-0.05, 0) is 43.5 Å². The number of piperidine rings is 1. The quantitative estimate of drug-likeness (QED) is 0.769. The molecule has 3 heterocycles. The van der Waals surface area contributed by atoms with E-state index in [1.165, 1.54) is 12.1 Å². The summed E-state index contributed by atoms with van der Waals surface area (Å²) in [5, 5.41) is 0.975. The molecular weight excluding hydrogens is 345 g/mol. The number of hydrogen-bond donors (Lipinski definition) is 1. The lowest BCUT2D eigenvalue weighted by Gasteiger charge is -2.33. The van der Waals surface area contributed by atoms with Crippen molar-refractivity contribution in [3.63, 3.8) is 0 Å². The van der Waals surface area contributed by atoms with Crippen molar-refractivity contribution in [2.24, 2.45) is 5.73 Å². The molecule has 2 aromatic heterocycles. The Kier molecular flexibility index (Phi) is 4.51. The molecule has 0 atom stereocenters. The number of pyridine rings is 1. The number of nitrogens with zero attached hydrogens (tertiary/aromatic N) is 4. The van der Waals surface area contributed by atoms with Gasteiger partial charge in [0.1, 0.15) is 24.0 Å². The van der Waals surface area contributed by atoms with E-state index in [1.54, 1.807) is 18.5 Å². The van der Waals surface area contributed by atoms with Gasteiger partial charge in [-0.3, -0.25) is 4.79 Å². The van der Waals surface area contributed by atoms with E-state index in [0.29, 0.717) is 5.52 Å². The molecule has 6 nitrogen and oxygen atoms in total. The maximum Gasteiger partial charge on any atom is 0.237 e. The van der Waals surface area contributed by atoms with E-state index in [2.05, 4.69) is 20.9 Å². The van der Waals surface area contributed by atoms with E-state index < -0.39 is 0 Å². The highest BCUT2D eigenvalue weighted by atomic mass is 19.1. The van der Waals surface area contributed by atoms with Gasteiger partial charge in [-0.1, -0.05) is 0 Å². The minimum Gasteiger partial charge on any atom is -0.368 e. The number of aromatic nitrogens is 3. The number of carbonyl (C=O) groups excluding carboxylic acids is 1. The van der Waals surface area contributed by atoms with Crippen LogP contribution in [0.15, 0.2) is 36.7 Å². The fraction of sp³-hybridized carbons (Fsp3) is 0.350. The Balaban J connectivity index is 1.52. The summed E-state index contributed by atoms with van der Waals surface area (Å²) in [7, 11) is 0. The molecule has 4 rings (SSSR count). The second-order valence-electron chi connectivity index (χ2n) is 7.10. The standard InChI is InChI=1S/C20H22FN5O/c1-13-10-19(24-17-11-15(21)2-3-16(13)17)25-7-4-14(5-8-25)20-23-6-9-26(20)12-18(22)27/h2-3,6,9-11,14H,4-5,7-8,12H2,1H3,(H2,22,27). The number of primary amides is 1. The Morgan fingerprint density at radius 1 is 1.30 bits per heavy atom. The Labute approximate surface area is 156 Å². The molecule has 1 amide bonds. The van der Waals surface area contributed by atoms with Crippen LogP contribution in [0.4, 0.5) is 10.2 Å². The van der Waals surface area contributed by atoms with Gasteiger partial charge >= 0.3 is 0 Å². The molecule has 0 unspecified atom stereocenters. The predicted molar refractivity (Wildman–Crippen MR) is 102 cm³/mol. The zero-order valence-electron chi connectivity index (χ0n) is 15.2. The monoisotopic (exact) mass is 367 g/mol. The SMILES string of the molecule is Cc1cc(N2CCC(c3nccn3CC(N)=O)CC2)nc2cc(F)ccc12. The molecule has 0 bridgehead atoms. The lowest BCUT2D eigenvalue weighted by atomic mass is 9.95. The van der Waals surface area contributed by atoms with Gasteiger partial charge in [0.25, 0.3) is 0 Å². The maximum atomic E-state index is 13.6. The molecule has 140 valence electrons. The number of halogens is 1. The zero-order valence-corrected chi connectivity index (χ0v) is 15.2. The summed E-state index contributed by atoms with van der Waals surface area (Å²) < 4.78 is 15.4. The molecular formula is C20H22FN5O. The molecule has 1 fully saturated rings. The first-order valence-electron chi connectivity index (χ1n) is 9.12. The molecule has 0 spiro atoms. The summed E-state index contributed by atoms with van der Waals surface area (Å²) in [5.74, 6) is 1.44. The van der Waals surface area contributed by atoms with E-state index in [0.717, 1.165) is 48.5 Å². The predicted octanol–water partition coefficient (Wildman–Crippen LogP) is 2.75. The fourth-order valence-electron chi connectivity index (χ4n) is 3.87. The van der Waals surface area contributed by atoms with Crippen molar-refractivity contribution in [1.29, 1.82) is 0 Å². The average molecular weight is 367 g/mol. The summed E-state index contributed by atoms with van der Waals surface area (Å²) in [4.78, 5) is 22.6. The average Bonchev–Trinajstić information content (AvgIpc) is 3.08. The minimum absolute atomic E-state index is 0.159. The normalized spacial score (nSPS) is 15.4. The Morgan fingerprint density at radius 2 is 2.07 bits per heavy atom. The molecule has 2 N–H and O–H groups in total. The van der Waals surface area contributed by atoms with Gasteiger partial charge in [-0.25, -0.2) is 14.4 Å². The Morgan fingerprint density at radius 3 is 2.81 bits per heavy atom. The topological polar surface area (TPSA) is 77.0 Å². The van der Waals surface area contributed by atoms with Crippen molar-refractivity contribution in [3.8, 4) is 0 Å². The minimum atomic E-state index is -0.366. The maximum absolute atomic E-state index is 13.6. The molecule has 7 heteroatoms. The molecule has 0 aliphatic carbocycles. The highest BCUT2D eigenvalue weighted by molar-refractivity contribution is 5.84. The van der Waals surface area contributed by atoms with Gasteiger partial charge in [-0.2, -0.15) is 0 Å². The summed E-state index contributed by atoms with van der Waals surface area (Å²) in [6.07, 6.45) is 5.35. The van der Waals surface area contributed by atoms with Crippen LogP contribution in [0.2, 0.25) is 0 Å². The van der Waals surface area contributed by atoms with E-state index in [4.69, 9.17) is 5.73 Å². The lowest BCUT2D eigenvalue weighted by Crippen LogP contribution is -2.34. The number of benzene rings is 1. The van der Waals surface area contributed by atoms with Gasteiger partial charge in [-0.15, -0.1) is 0 Å². The summed E-state index contributed by atoms with van der Waals surface area (Å²) in [6.45, 7) is 3.86. The van der Waals surface area contributed by atoms with E-state index in [-0.39, 0.29) is 24.2 Å². The third kappa shape index (κ3) is 3.49. The first-order valence-corrected chi connectivity index (χ1v) is 9.12. The number of rotatable bonds is 4. The molecule has 27 heavy (non-hydrogen) atoms. The second-order valence-corrected chi connectivity index (χ2v) is 7.10. The highest BCUT2D eigenvalue weighted by Gasteiger charge is 2.25. The van der Waals surface area contributed by atoms with Crippen molar-refractivity contribution >= 4 is 22.6 Å². The fourth-order valence-corrected chi connectivity index (χ4v) is 3.87. The number of aryl methyl sites for hydroxylation is 1. The van der Waals surface area contributed by atoms with Crippen LogP contribution in [0.3, 0.4) is 0 Å². The smallest absolute Gasteiger partial charge is 0.237 e. The largest absolute Gasteiger partial charge is 0.368 e. The lowest BCUT2D eigenvalue weighted by molar-refractivity contribution is -0.118. The van der Waals surface area contributed by atoms with Crippen LogP contribution in [-0.2, 0) is 11.3 Å². The molecule has 0 saturated carbocycles. The second kappa shape index (κ2) is 6.98. The van der Waals surface area contributed by atoms with Crippen LogP contribution in [0.25, 0.3) is 10.9 Å². The number of imidazole rings is 1. The molecule has 1 saturated heterocycles. The van der Waals surface area contributed by atoms with E-state index >= 15 is 0 Å². The number of fused-ring (bicyclic) bond motifs is 1.